The zero-order valence-electron chi connectivity index (χ0n) is 10.3. The van der Waals surface area contributed by atoms with Gasteiger partial charge in [0.15, 0.2) is 5.58 Å². The van der Waals surface area contributed by atoms with E-state index in [-0.39, 0.29) is 12.3 Å². The van der Waals surface area contributed by atoms with Gasteiger partial charge in [-0.15, -0.1) is 0 Å². The Morgan fingerprint density at radius 3 is 2.84 bits per heavy atom. The van der Waals surface area contributed by atoms with Gasteiger partial charge in [-0.3, -0.25) is 19.5 Å². The quantitative estimate of drug-likeness (QED) is 0.772. The molecule has 1 saturated heterocycles. The molecule has 6 heteroatoms. The number of aromatic nitrogens is 1. The molecule has 1 aliphatic heterocycles. The number of nitrogens with zero attached hydrogens (tertiary/aromatic N) is 1. The highest BCUT2D eigenvalue weighted by atomic mass is 16.4. The van der Waals surface area contributed by atoms with Gasteiger partial charge in [0.2, 0.25) is 11.8 Å². The van der Waals surface area contributed by atoms with Gasteiger partial charge in [0.1, 0.15) is 6.04 Å². The second kappa shape index (κ2) is 4.08. The first-order chi connectivity index (χ1) is 9.08. The molecule has 98 valence electrons. The normalized spacial score (nSPS) is 19.7. The average Bonchev–Trinajstić information content (AvgIpc) is 2.68. The van der Waals surface area contributed by atoms with Crippen LogP contribution in [0.25, 0.3) is 11.1 Å². The molecule has 0 unspecified atom stereocenters. The number of fused-ring (bicyclic) bond motifs is 1. The number of benzene rings is 1. The molecule has 1 N–H and O–H groups in total. The Kier molecular flexibility index (Phi) is 2.51. The summed E-state index contributed by atoms with van der Waals surface area (Å²) < 4.78 is 6.52. The SMILES string of the molecule is Cc1cccc2c1oc(=O)n2[C@H]1CCC(=O)NC1=O. The summed E-state index contributed by atoms with van der Waals surface area (Å²) in [5, 5.41) is 2.24. The van der Waals surface area contributed by atoms with Crippen molar-refractivity contribution >= 4 is 22.9 Å². The highest BCUT2D eigenvalue weighted by Crippen LogP contribution is 2.24. The number of aryl methyl sites for hydroxylation is 1. The standard InChI is InChI=1S/C13H12N2O4/c1-7-3-2-4-8-11(7)19-13(18)15(8)9-5-6-10(16)14-12(9)17/h2-4,9H,5-6H2,1H3,(H,14,16,17)/t9-/m0/s1. The van der Waals surface area contributed by atoms with E-state index < -0.39 is 17.7 Å². The van der Waals surface area contributed by atoms with Crippen LogP contribution in [0.3, 0.4) is 0 Å². The Labute approximate surface area is 108 Å². The van der Waals surface area contributed by atoms with Crippen LogP contribution in [0.15, 0.2) is 27.4 Å². The Hall–Kier alpha value is -2.37. The van der Waals surface area contributed by atoms with E-state index in [1.54, 1.807) is 12.1 Å². The number of imide groups is 1. The number of hydrogen-bond acceptors (Lipinski definition) is 4. The zero-order chi connectivity index (χ0) is 13.6. The van der Waals surface area contributed by atoms with Crippen molar-refractivity contribution in [1.29, 1.82) is 0 Å². The minimum Gasteiger partial charge on any atom is -0.407 e. The number of rotatable bonds is 1. The van der Waals surface area contributed by atoms with E-state index in [1.807, 2.05) is 13.0 Å². The van der Waals surface area contributed by atoms with Crippen molar-refractivity contribution in [3.8, 4) is 0 Å². The van der Waals surface area contributed by atoms with E-state index in [0.717, 1.165) is 5.56 Å². The van der Waals surface area contributed by atoms with Crippen LogP contribution in [0.1, 0.15) is 24.4 Å². The van der Waals surface area contributed by atoms with Gasteiger partial charge in [0, 0.05) is 6.42 Å². The molecule has 0 saturated carbocycles. The van der Waals surface area contributed by atoms with Crippen molar-refractivity contribution in [2.45, 2.75) is 25.8 Å². The van der Waals surface area contributed by atoms with E-state index in [4.69, 9.17) is 4.42 Å². The van der Waals surface area contributed by atoms with Crippen LogP contribution in [0.4, 0.5) is 0 Å². The molecule has 1 fully saturated rings. The van der Waals surface area contributed by atoms with Crippen molar-refractivity contribution < 1.29 is 14.0 Å². The Morgan fingerprint density at radius 2 is 2.11 bits per heavy atom. The minimum absolute atomic E-state index is 0.224. The highest BCUT2D eigenvalue weighted by Gasteiger charge is 2.31. The van der Waals surface area contributed by atoms with E-state index in [2.05, 4.69) is 5.32 Å². The summed E-state index contributed by atoms with van der Waals surface area (Å²) >= 11 is 0. The van der Waals surface area contributed by atoms with Gasteiger partial charge in [0.05, 0.1) is 5.52 Å². The number of piperidine rings is 1. The maximum absolute atomic E-state index is 11.9. The minimum atomic E-state index is -0.687. The molecule has 0 spiro atoms. The molecular formula is C13H12N2O4. The number of para-hydroxylation sites is 1. The smallest absolute Gasteiger partial charge is 0.407 e. The van der Waals surface area contributed by atoms with Crippen LogP contribution >= 0.6 is 0 Å². The Morgan fingerprint density at radius 1 is 1.32 bits per heavy atom. The summed E-state index contributed by atoms with van der Waals surface area (Å²) in [4.78, 5) is 34.9. The fraction of sp³-hybridized carbons (Fsp3) is 0.308. The maximum atomic E-state index is 11.9. The molecular weight excluding hydrogens is 248 g/mol. The molecule has 1 atom stereocenters. The van der Waals surface area contributed by atoms with Crippen molar-refractivity contribution in [2.75, 3.05) is 0 Å². The lowest BCUT2D eigenvalue weighted by Crippen LogP contribution is -2.43. The predicted molar refractivity (Wildman–Crippen MR) is 66.6 cm³/mol. The fourth-order valence-electron chi connectivity index (χ4n) is 2.42. The molecule has 19 heavy (non-hydrogen) atoms. The number of oxazole rings is 1. The summed E-state index contributed by atoms with van der Waals surface area (Å²) in [6.07, 6.45) is 0.536. The first-order valence-electron chi connectivity index (χ1n) is 6.02. The van der Waals surface area contributed by atoms with Gasteiger partial charge in [0.25, 0.3) is 0 Å². The third-order valence-electron chi connectivity index (χ3n) is 3.36. The van der Waals surface area contributed by atoms with E-state index in [0.29, 0.717) is 17.5 Å². The third-order valence-corrected chi connectivity index (χ3v) is 3.36. The van der Waals surface area contributed by atoms with E-state index in [9.17, 15) is 14.4 Å². The molecule has 2 amide bonds. The largest absolute Gasteiger partial charge is 0.420 e. The molecule has 6 nitrogen and oxygen atoms in total. The van der Waals surface area contributed by atoms with Gasteiger partial charge in [-0.25, -0.2) is 4.79 Å². The molecule has 2 heterocycles. The van der Waals surface area contributed by atoms with Crippen LogP contribution in [0, 0.1) is 6.92 Å². The molecule has 0 aliphatic carbocycles. The first kappa shape index (κ1) is 11.7. The van der Waals surface area contributed by atoms with Crippen molar-refractivity contribution in [1.82, 2.24) is 9.88 Å². The number of nitrogens with one attached hydrogen (secondary N) is 1. The Bertz CT molecular complexity index is 741. The predicted octanol–water partition coefficient (Wildman–Crippen LogP) is 0.881. The van der Waals surface area contributed by atoms with Crippen molar-refractivity contribution in [3.63, 3.8) is 0 Å². The van der Waals surface area contributed by atoms with Crippen molar-refractivity contribution in [2.24, 2.45) is 0 Å². The van der Waals surface area contributed by atoms with Crippen LogP contribution in [0.2, 0.25) is 0 Å². The summed E-state index contributed by atoms with van der Waals surface area (Å²) in [7, 11) is 0. The van der Waals surface area contributed by atoms with E-state index in [1.165, 1.54) is 4.57 Å². The monoisotopic (exact) mass is 260 g/mol. The maximum Gasteiger partial charge on any atom is 0.420 e. The van der Waals surface area contributed by atoms with Gasteiger partial charge in [-0.05, 0) is 25.0 Å². The van der Waals surface area contributed by atoms with Gasteiger partial charge < -0.3 is 4.42 Å². The molecule has 3 rings (SSSR count). The number of amides is 2. The second-order valence-electron chi connectivity index (χ2n) is 4.63. The van der Waals surface area contributed by atoms with Crippen LogP contribution in [0.5, 0.6) is 0 Å². The molecule has 0 bridgehead atoms. The van der Waals surface area contributed by atoms with Gasteiger partial charge >= 0.3 is 5.76 Å². The average molecular weight is 260 g/mol. The summed E-state index contributed by atoms with van der Waals surface area (Å²) in [6, 6.07) is 4.68. The lowest BCUT2D eigenvalue weighted by atomic mass is 10.1. The van der Waals surface area contributed by atoms with Gasteiger partial charge in [-0.1, -0.05) is 12.1 Å². The summed E-state index contributed by atoms with van der Waals surface area (Å²) in [6.45, 7) is 1.83. The lowest BCUT2D eigenvalue weighted by Gasteiger charge is -2.21. The molecule has 1 aromatic heterocycles. The van der Waals surface area contributed by atoms with Crippen LogP contribution < -0.4 is 11.1 Å². The number of carbonyl (C=O) groups excluding carboxylic acids is 2. The first-order valence-corrected chi connectivity index (χ1v) is 6.02. The lowest BCUT2D eigenvalue weighted by molar-refractivity contribution is -0.135. The summed E-state index contributed by atoms with van der Waals surface area (Å²) in [5.74, 6) is -1.33. The van der Waals surface area contributed by atoms with Crippen molar-refractivity contribution in [3.05, 3.63) is 34.3 Å². The third kappa shape index (κ3) is 1.76. The Balaban J connectivity index is 2.18. The number of carbonyl (C=O) groups is 2. The van der Waals surface area contributed by atoms with Crippen LogP contribution in [-0.4, -0.2) is 16.4 Å². The number of hydrogen-bond donors (Lipinski definition) is 1. The summed E-state index contributed by atoms with van der Waals surface area (Å²) in [5.41, 5.74) is 1.90. The van der Waals surface area contributed by atoms with Gasteiger partial charge in [-0.2, -0.15) is 0 Å². The van der Waals surface area contributed by atoms with E-state index >= 15 is 0 Å². The fourth-order valence-corrected chi connectivity index (χ4v) is 2.42. The molecule has 1 aromatic carbocycles. The topological polar surface area (TPSA) is 81.3 Å². The van der Waals surface area contributed by atoms with Crippen LogP contribution in [-0.2, 0) is 9.59 Å². The molecule has 1 aliphatic rings. The molecule has 0 radical (unpaired) electrons. The molecule has 2 aromatic rings. The highest BCUT2D eigenvalue weighted by molar-refractivity contribution is 6.00. The zero-order valence-corrected chi connectivity index (χ0v) is 10.3. The second-order valence-corrected chi connectivity index (χ2v) is 4.63.